The third-order valence-corrected chi connectivity index (χ3v) is 10.2. The van der Waals surface area contributed by atoms with Gasteiger partial charge in [-0.1, -0.05) is 54.6 Å². The first-order chi connectivity index (χ1) is 25.4. The second-order valence-corrected chi connectivity index (χ2v) is 13.7. The van der Waals surface area contributed by atoms with Crippen LogP contribution in [0.25, 0.3) is 32.8 Å². The van der Waals surface area contributed by atoms with Crippen molar-refractivity contribution in [2.75, 3.05) is 39.3 Å². The highest BCUT2D eigenvalue weighted by atomic mass is 19.4. The van der Waals surface area contributed by atoms with Crippen LogP contribution in [0.2, 0.25) is 0 Å². The first kappa shape index (κ1) is 39.2. The number of hydrogen-bond acceptors (Lipinski definition) is 6. The van der Waals surface area contributed by atoms with Crippen LogP contribution in [0.15, 0.2) is 66.9 Å². The number of amides is 1. The Hall–Kier alpha value is -4.48. The van der Waals surface area contributed by atoms with Crippen molar-refractivity contribution in [1.29, 1.82) is 0 Å². The number of likely N-dealkylation sites (tertiary alicyclic amines) is 1. The van der Waals surface area contributed by atoms with Crippen LogP contribution in [0.1, 0.15) is 24.0 Å². The van der Waals surface area contributed by atoms with Crippen LogP contribution in [0.4, 0.5) is 39.5 Å². The molecule has 2 fully saturated rings. The fourth-order valence-electron chi connectivity index (χ4n) is 7.37. The first-order valence-electron chi connectivity index (χ1n) is 17.0. The summed E-state index contributed by atoms with van der Waals surface area (Å²) in [5, 5.41) is 14.7. The standard InChI is InChI=1S/C37H35F9N4O4/c38-35(39,40)21-49-14-11-34(12-15-49,37(44,45)46)33(53)48-29(32(51)52)18-22-4-1-7-26-24(22)6-3-9-28(26)31-27-8-2-5-23(25(27)10-13-47-31)19-50-16-17-54-30(20-50)36(41,42)43/h1-10,13,29-30H,11-12,14-21H2,(H,48,53)(H,51,52)/t29-,30?/m0/s1. The number of halogens is 9. The molecule has 3 heterocycles. The smallest absolute Gasteiger partial charge is 0.415 e. The Bertz CT molecular complexity index is 2010. The maximum atomic E-state index is 14.4. The molecule has 2 N–H and O–H groups in total. The number of benzene rings is 3. The van der Waals surface area contributed by atoms with Gasteiger partial charge in [-0.15, -0.1) is 0 Å². The Labute approximate surface area is 302 Å². The van der Waals surface area contributed by atoms with Gasteiger partial charge in [0.25, 0.3) is 0 Å². The lowest BCUT2D eigenvalue weighted by molar-refractivity contribution is -0.238. The average Bonchev–Trinajstić information content (AvgIpc) is 3.10. The summed E-state index contributed by atoms with van der Waals surface area (Å²) in [7, 11) is 0. The number of carboxylic acid groups (broad SMARTS) is 1. The summed E-state index contributed by atoms with van der Waals surface area (Å²) >= 11 is 0. The molecule has 8 nitrogen and oxygen atoms in total. The van der Waals surface area contributed by atoms with Crippen molar-refractivity contribution in [1.82, 2.24) is 20.1 Å². The van der Waals surface area contributed by atoms with E-state index in [1.807, 2.05) is 17.4 Å². The second kappa shape index (κ2) is 15.0. The molecule has 2 aliphatic heterocycles. The minimum Gasteiger partial charge on any atom is -0.480 e. The van der Waals surface area contributed by atoms with E-state index in [9.17, 15) is 54.2 Å². The topological polar surface area (TPSA) is 95.0 Å². The lowest BCUT2D eigenvalue weighted by Gasteiger charge is -2.42. The van der Waals surface area contributed by atoms with Gasteiger partial charge in [0.1, 0.15) is 11.5 Å². The molecule has 3 aromatic carbocycles. The number of carbonyl (C=O) groups is 2. The molecular formula is C37H35F9N4O4. The number of aromatic nitrogens is 1. The Morgan fingerprint density at radius 2 is 1.46 bits per heavy atom. The third kappa shape index (κ3) is 8.27. The molecule has 4 aromatic rings. The molecule has 0 aliphatic carbocycles. The molecule has 1 aromatic heterocycles. The molecular weight excluding hydrogens is 735 g/mol. The zero-order valence-corrected chi connectivity index (χ0v) is 28.5. The van der Waals surface area contributed by atoms with E-state index < -0.39 is 86.9 Å². The van der Waals surface area contributed by atoms with Crippen LogP contribution >= 0.6 is 0 Å². The minimum absolute atomic E-state index is 0.0696. The number of alkyl halides is 9. The average molecular weight is 771 g/mol. The van der Waals surface area contributed by atoms with Crippen molar-refractivity contribution >= 4 is 33.4 Å². The maximum absolute atomic E-state index is 14.4. The van der Waals surface area contributed by atoms with Gasteiger partial charge in [-0.2, -0.15) is 39.5 Å². The molecule has 0 spiro atoms. The number of carbonyl (C=O) groups excluding carboxylic acids is 1. The van der Waals surface area contributed by atoms with Gasteiger partial charge in [-0.3, -0.25) is 19.6 Å². The van der Waals surface area contributed by atoms with Gasteiger partial charge < -0.3 is 15.2 Å². The van der Waals surface area contributed by atoms with E-state index in [1.165, 1.54) is 0 Å². The molecule has 6 rings (SSSR count). The molecule has 2 aliphatic rings. The van der Waals surface area contributed by atoms with Crippen molar-refractivity contribution in [3.05, 3.63) is 78.0 Å². The van der Waals surface area contributed by atoms with Crippen molar-refractivity contribution in [3.8, 4) is 11.3 Å². The Balaban J connectivity index is 1.27. The maximum Gasteiger partial charge on any atom is 0.415 e. The fraction of sp³-hybridized carbons (Fsp3) is 0.432. The SMILES string of the molecule is O=C(O)[C@H](Cc1cccc2c(-c3nccc4c(CN5CCOC(C(F)(F)F)C5)cccc34)cccc12)NC(=O)C1(C(F)(F)F)CCN(CC(F)(F)F)CC1. The summed E-state index contributed by atoms with van der Waals surface area (Å²) in [5.74, 6) is -3.22. The number of carboxylic acids is 1. The van der Waals surface area contributed by atoms with Crippen molar-refractivity contribution < 1.29 is 58.9 Å². The highest BCUT2D eigenvalue weighted by molar-refractivity contribution is 6.05. The lowest BCUT2D eigenvalue weighted by Crippen LogP contribution is -2.59. The number of morpholine rings is 1. The number of rotatable bonds is 9. The summed E-state index contributed by atoms with van der Waals surface area (Å²) in [5.41, 5.74) is -0.772. The van der Waals surface area contributed by atoms with E-state index in [4.69, 9.17) is 4.74 Å². The normalized spacial score (nSPS) is 19.5. The van der Waals surface area contributed by atoms with Crippen molar-refractivity contribution in [2.45, 2.75) is 56.5 Å². The lowest BCUT2D eigenvalue weighted by atomic mass is 9.76. The molecule has 1 unspecified atom stereocenters. The van der Waals surface area contributed by atoms with Crippen LogP contribution in [0.3, 0.4) is 0 Å². The molecule has 17 heteroatoms. The molecule has 0 saturated carbocycles. The Kier molecular flexibility index (Phi) is 10.9. The summed E-state index contributed by atoms with van der Waals surface area (Å²) in [6.07, 6.45) is -17.0. The quantitative estimate of drug-likeness (QED) is 0.175. The van der Waals surface area contributed by atoms with Crippen LogP contribution < -0.4 is 5.32 Å². The van der Waals surface area contributed by atoms with E-state index in [0.29, 0.717) is 39.5 Å². The number of nitrogens with one attached hydrogen (secondary N) is 1. The van der Waals surface area contributed by atoms with E-state index in [1.54, 1.807) is 59.6 Å². The first-order valence-corrected chi connectivity index (χ1v) is 17.0. The van der Waals surface area contributed by atoms with E-state index >= 15 is 0 Å². The zero-order valence-electron chi connectivity index (χ0n) is 28.5. The molecule has 2 atom stereocenters. The second-order valence-electron chi connectivity index (χ2n) is 13.7. The molecule has 1 amide bonds. The van der Waals surface area contributed by atoms with Crippen LogP contribution in [-0.2, 0) is 27.3 Å². The van der Waals surface area contributed by atoms with Crippen LogP contribution in [-0.4, -0.2) is 102 Å². The number of fused-ring (bicyclic) bond motifs is 2. The van der Waals surface area contributed by atoms with E-state index in [0.717, 1.165) is 15.8 Å². The number of aliphatic carboxylic acids is 1. The van der Waals surface area contributed by atoms with Crippen LogP contribution in [0, 0.1) is 5.41 Å². The summed E-state index contributed by atoms with van der Waals surface area (Å²) in [4.78, 5) is 32.8. The van der Waals surface area contributed by atoms with E-state index in [-0.39, 0.29) is 19.7 Å². The molecule has 290 valence electrons. The van der Waals surface area contributed by atoms with Gasteiger partial charge in [0.15, 0.2) is 6.10 Å². The molecule has 2 saturated heterocycles. The fourth-order valence-corrected chi connectivity index (χ4v) is 7.37. The molecule has 0 bridgehead atoms. The van der Waals surface area contributed by atoms with Gasteiger partial charge in [0.2, 0.25) is 5.91 Å². The van der Waals surface area contributed by atoms with Crippen molar-refractivity contribution in [2.24, 2.45) is 5.41 Å². The van der Waals surface area contributed by atoms with Gasteiger partial charge >= 0.3 is 24.5 Å². The third-order valence-electron chi connectivity index (χ3n) is 10.2. The highest BCUT2D eigenvalue weighted by Gasteiger charge is 2.61. The van der Waals surface area contributed by atoms with Crippen molar-refractivity contribution in [3.63, 3.8) is 0 Å². The zero-order chi connectivity index (χ0) is 39.1. The van der Waals surface area contributed by atoms with Crippen LogP contribution in [0.5, 0.6) is 0 Å². The van der Waals surface area contributed by atoms with Gasteiger partial charge in [0.05, 0.1) is 18.8 Å². The summed E-state index contributed by atoms with van der Waals surface area (Å²) < 4.78 is 127. The molecule has 0 radical (unpaired) electrons. The van der Waals surface area contributed by atoms with Gasteiger partial charge in [-0.05, 0) is 59.3 Å². The Morgan fingerprint density at radius 3 is 2.11 bits per heavy atom. The molecule has 54 heavy (non-hydrogen) atoms. The predicted octanol–water partition coefficient (Wildman–Crippen LogP) is 7.14. The monoisotopic (exact) mass is 770 g/mol. The van der Waals surface area contributed by atoms with Gasteiger partial charge in [0, 0.05) is 43.2 Å². The highest BCUT2D eigenvalue weighted by Crippen LogP contribution is 2.47. The number of piperidine rings is 1. The van der Waals surface area contributed by atoms with E-state index in [2.05, 4.69) is 4.98 Å². The predicted molar refractivity (Wildman–Crippen MR) is 179 cm³/mol. The summed E-state index contributed by atoms with van der Waals surface area (Å²) in [6, 6.07) is 15.5. The number of hydrogen-bond donors (Lipinski definition) is 2. The number of pyridine rings is 1. The minimum atomic E-state index is -5.15. The Morgan fingerprint density at radius 1 is 0.833 bits per heavy atom. The largest absolute Gasteiger partial charge is 0.480 e. The number of nitrogens with zero attached hydrogens (tertiary/aromatic N) is 3. The summed E-state index contributed by atoms with van der Waals surface area (Å²) in [6.45, 7) is -2.61. The number of ether oxygens (including phenoxy) is 1. The van der Waals surface area contributed by atoms with Gasteiger partial charge in [-0.25, -0.2) is 4.79 Å².